The monoisotopic (exact) mass is 724 g/mol. The summed E-state index contributed by atoms with van der Waals surface area (Å²) < 4.78 is 21.7. The number of aliphatic hydroxyl groups excluding tert-OH is 1. The van der Waals surface area contributed by atoms with Gasteiger partial charge in [0.05, 0.1) is 12.2 Å². The summed E-state index contributed by atoms with van der Waals surface area (Å²) in [6.07, 6.45) is 2.94. The molecule has 4 saturated carbocycles. The fourth-order valence-corrected chi connectivity index (χ4v) is 18.6. The number of aliphatic hydroxyl groups is 2. The molecule has 4 fully saturated rings. The van der Waals surface area contributed by atoms with Gasteiger partial charge in [-0.1, -0.05) is 123 Å². The molecule has 0 spiro atoms. The summed E-state index contributed by atoms with van der Waals surface area (Å²) in [5.74, 6) is 0.0836. The molecule has 4 aliphatic rings. The molecule has 4 unspecified atom stereocenters. The Kier molecular flexibility index (Phi) is 10.9. The minimum atomic E-state index is -2.88. The molecule has 5 nitrogen and oxygen atoms in total. The van der Waals surface area contributed by atoms with Crippen LogP contribution < -0.4 is 10.4 Å². The SMILES string of the molecule is CC[Si](CC)(CC)OCC12CC3(CO[Si](C)(C)C(C)(C)C)CC[C@H]1C2[C@@]3(O)C(CO)CO[Si](c1ccccc1)(c1ccccc1)C(C)(C)C. The second-order valence-electron chi connectivity index (χ2n) is 18.6. The van der Waals surface area contributed by atoms with Crippen LogP contribution in [0.15, 0.2) is 60.7 Å². The standard InChI is InChI=1S/C41H68O5Si3/c1-12-48(13-2,14-3)46-31-40-29-39(30-45-47(10,11)37(4,5)6)26-25-35(40)36(40)41(39,43)32(27-42)28-44-49(38(7,8)9,33-21-17-15-18-22-33)34-23-19-16-20-24-34/h15-24,32,35-36,42-43H,12-14,25-31H2,1-11H3/t32?,35-,36?,39?,40?,41-/m0/s1. The summed E-state index contributed by atoms with van der Waals surface area (Å²) in [6.45, 7) is 26.8. The van der Waals surface area contributed by atoms with Crippen LogP contribution in [0.2, 0.25) is 41.3 Å². The van der Waals surface area contributed by atoms with Gasteiger partial charge in [-0.25, -0.2) is 0 Å². The van der Waals surface area contributed by atoms with E-state index in [2.05, 4.69) is 136 Å². The van der Waals surface area contributed by atoms with Crippen molar-refractivity contribution in [3.05, 3.63) is 60.7 Å². The molecule has 8 heteroatoms. The van der Waals surface area contributed by atoms with Crippen molar-refractivity contribution in [3.63, 3.8) is 0 Å². The zero-order valence-electron chi connectivity index (χ0n) is 32.7. The van der Waals surface area contributed by atoms with Gasteiger partial charge >= 0.3 is 0 Å². The third kappa shape index (κ3) is 6.26. The van der Waals surface area contributed by atoms with Gasteiger partial charge in [0.15, 0.2) is 16.6 Å². The van der Waals surface area contributed by atoms with Crippen LogP contribution in [0.25, 0.3) is 0 Å². The molecular weight excluding hydrogens is 657 g/mol. The quantitative estimate of drug-likeness (QED) is 0.171. The van der Waals surface area contributed by atoms with E-state index in [0.29, 0.717) is 19.1 Å². The van der Waals surface area contributed by atoms with E-state index in [4.69, 9.17) is 13.3 Å². The topological polar surface area (TPSA) is 68.2 Å². The number of hydrogen-bond donors (Lipinski definition) is 2. The third-order valence-corrected chi connectivity index (χ3v) is 28.5. The Hall–Kier alpha value is -1.11. The Morgan fingerprint density at radius 3 is 1.76 bits per heavy atom. The van der Waals surface area contributed by atoms with Gasteiger partial charge in [0.25, 0.3) is 8.32 Å². The molecule has 2 aromatic carbocycles. The van der Waals surface area contributed by atoms with Gasteiger partial charge in [-0.05, 0) is 76.9 Å². The Morgan fingerprint density at radius 1 is 0.776 bits per heavy atom. The van der Waals surface area contributed by atoms with E-state index < -0.39 is 41.9 Å². The van der Waals surface area contributed by atoms with Gasteiger partial charge in [-0.2, -0.15) is 0 Å². The summed E-state index contributed by atoms with van der Waals surface area (Å²) in [5, 5.41) is 27.3. The van der Waals surface area contributed by atoms with Gasteiger partial charge in [0.1, 0.15) is 0 Å². The Bertz CT molecular complexity index is 1350. The summed E-state index contributed by atoms with van der Waals surface area (Å²) >= 11 is 0. The molecule has 4 aliphatic carbocycles. The summed E-state index contributed by atoms with van der Waals surface area (Å²) in [5.41, 5.74) is -1.59. The minimum Gasteiger partial charge on any atom is -0.416 e. The first-order chi connectivity index (χ1) is 22.9. The van der Waals surface area contributed by atoms with Crippen LogP contribution >= 0.6 is 0 Å². The molecule has 2 aromatic rings. The summed E-state index contributed by atoms with van der Waals surface area (Å²) in [4.78, 5) is 0. The van der Waals surface area contributed by atoms with E-state index in [-0.39, 0.29) is 28.0 Å². The zero-order chi connectivity index (χ0) is 36.2. The molecule has 0 heterocycles. The summed E-state index contributed by atoms with van der Waals surface area (Å²) in [7, 11) is -6.81. The minimum absolute atomic E-state index is 0.0492. The van der Waals surface area contributed by atoms with E-state index in [9.17, 15) is 10.2 Å². The maximum atomic E-state index is 13.6. The first-order valence-electron chi connectivity index (χ1n) is 19.3. The maximum absolute atomic E-state index is 13.6. The highest BCUT2D eigenvalue weighted by molar-refractivity contribution is 6.99. The van der Waals surface area contributed by atoms with Crippen molar-refractivity contribution in [1.82, 2.24) is 0 Å². The molecule has 0 aromatic heterocycles. The Balaban J connectivity index is 1.56. The normalized spacial score (nSPS) is 29.2. The molecule has 6 rings (SSSR count). The highest BCUT2D eigenvalue weighted by Crippen LogP contribution is 2.84. The average Bonchev–Trinajstić information content (AvgIpc) is 3.69. The molecule has 0 aliphatic heterocycles. The molecule has 49 heavy (non-hydrogen) atoms. The van der Waals surface area contributed by atoms with Crippen molar-refractivity contribution in [2.45, 2.75) is 128 Å². The Labute approximate surface area is 301 Å². The summed E-state index contributed by atoms with van der Waals surface area (Å²) in [6, 6.07) is 24.8. The fourth-order valence-electron chi connectivity index (χ4n) is 10.2. The van der Waals surface area contributed by atoms with Crippen LogP contribution in [0, 0.1) is 28.6 Å². The predicted molar refractivity (Wildman–Crippen MR) is 211 cm³/mol. The van der Waals surface area contributed by atoms with Crippen molar-refractivity contribution in [3.8, 4) is 0 Å². The van der Waals surface area contributed by atoms with Crippen LogP contribution in [0.5, 0.6) is 0 Å². The highest BCUT2D eigenvalue weighted by atomic mass is 28.4. The van der Waals surface area contributed by atoms with Crippen molar-refractivity contribution >= 4 is 35.3 Å². The van der Waals surface area contributed by atoms with E-state index in [1.165, 1.54) is 10.4 Å². The average molecular weight is 725 g/mol. The molecule has 4 bridgehead atoms. The molecular formula is C41H68O5Si3. The first-order valence-corrected chi connectivity index (χ1v) is 26.6. The molecule has 0 saturated heterocycles. The number of benzene rings is 2. The fraction of sp³-hybridized carbons (Fsp3) is 0.707. The molecule has 274 valence electrons. The molecule has 0 radical (unpaired) electrons. The van der Waals surface area contributed by atoms with Crippen LogP contribution in [-0.2, 0) is 13.3 Å². The lowest BCUT2D eigenvalue weighted by atomic mass is 9.58. The second-order valence-corrected chi connectivity index (χ2v) is 32.5. The number of hydrogen-bond acceptors (Lipinski definition) is 5. The van der Waals surface area contributed by atoms with E-state index >= 15 is 0 Å². The number of rotatable bonds is 16. The lowest BCUT2D eigenvalue weighted by molar-refractivity contribution is -0.182. The molecule has 6 atom stereocenters. The van der Waals surface area contributed by atoms with Crippen LogP contribution in [-0.4, -0.2) is 67.2 Å². The van der Waals surface area contributed by atoms with Crippen molar-refractivity contribution in [2.24, 2.45) is 28.6 Å². The van der Waals surface area contributed by atoms with Crippen molar-refractivity contribution < 1.29 is 23.5 Å². The van der Waals surface area contributed by atoms with Gasteiger partial charge in [-0.15, -0.1) is 0 Å². The van der Waals surface area contributed by atoms with Crippen LogP contribution in [0.4, 0.5) is 0 Å². The predicted octanol–water partition coefficient (Wildman–Crippen LogP) is 8.36. The largest absolute Gasteiger partial charge is 0.416 e. The first kappa shape index (κ1) is 39.1. The van der Waals surface area contributed by atoms with E-state index in [1.54, 1.807) is 0 Å². The molecule has 2 N–H and O–H groups in total. The van der Waals surface area contributed by atoms with E-state index in [0.717, 1.165) is 44.0 Å². The van der Waals surface area contributed by atoms with Gasteiger partial charge in [-0.3, -0.25) is 0 Å². The van der Waals surface area contributed by atoms with Gasteiger partial charge in [0, 0.05) is 42.5 Å². The second kappa shape index (κ2) is 13.7. The van der Waals surface area contributed by atoms with Gasteiger partial charge < -0.3 is 23.5 Å². The third-order valence-electron chi connectivity index (χ3n) is 14.4. The highest BCUT2D eigenvalue weighted by Gasteiger charge is 2.86. The maximum Gasteiger partial charge on any atom is 0.261 e. The molecule has 0 amide bonds. The Morgan fingerprint density at radius 2 is 1.31 bits per heavy atom. The van der Waals surface area contributed by atoms with Crippen molar-refractivity contribution in [1.29, 1.82) is 0 Å². The van der Waals surface area contributed by atoms with E-state index in [1.807, 2.05) is 0 Å². The lowest BCUT2D eigenvalue weighted by Gasteiger charge is -2.54. The van der Waals surface area contributed by atoms with Crippen molar-refractivity contribution in [2.75, 3.05) is 26.4 Å². The van der Waals surface area contributed by atoms with Gasteiger partial charge in [0.2, 0.25) is 0 Å². The van der Waals surface area contributed by atoms with Crippen LogP contribution in [0.3, 0.4) is 0 Å². The van der Waals surface area contributed by atoms with Crippen LogP contribution in [0.1, 0.15) is 81.6 Å². The number of fused-ring (bicyclic) bond motifs is 1. The smallest absolute Gasteiger partial charge is 0.261 e. The lowest BCUT2D eigenvalue weighted by Crippen LogP contribution is -2.68. The zero-order valence-corrected chi connectivity index (χ0v) is 35.7.